The van der Waals surface area contributed by atoms with Gasteiger partial charge in [0.1, 0.15) is 0 Å². The Bertz CT molecular complexity index is 811. The molecule has 4 N–H and O–H groups in total. The van der Waals surface area contributed by atoms with Gasteiger partial charge in [-0.3, -0.25) is 0 Å². The molecule has 0 bridgehead atoms. The predicted octanol–water partition coefficient (Wildman–Crippen LogP) is 0.303. The Morgan fingerprint density at radius 2 is 2.32 bits per heavy atom. The number of nitrogens with two attached hydrogens (primary N) is 1. The van der Waals surface area contributed by atoms with Gasteiger partial charge in [0.05, 0.1) is 0 Å². The number of aliphatic carboxylic acids is 1. The van der Waals surface area contributed by atoms with Crippen LogP contribution in [-0.4, -0.2) is 56.9 Å². The predicted molar refractivity (Wildman–Crippen MR) is 90.5 cm³/mol. The number of carbonyl (C=O) groups is 1. The van der Waals surface area contributed by atoms with E-state index in [9.17, 15) is 23.3 Å². The van der Waals surface area contributed by atoms with Crippen LogP contribution in [0.3, 0.4) is 0 Å². The van der Waals surface area contributed by atoms with E-state index in [1.165, 1.54) is 6.92 Å². The molecule has 2 aliphatic rings. The maximum atomic E-state index is 14.9. The van der Waals surface area contributed by atoms with Crippen molar-refractivity contribution in [1.29, 1.82) is 0 Å². The first kappa shape index (κ1) is 21.0. The zero-order chi connectivity index (χ0) is 20.7. The average molecular weight is 427 g/mol. The van der Waals surface area contributed by atoms with Gasteiger partial charge >= 0.3 is 157 Å². The second-order valence-corrected chi connectivity index (χ2v) is 8.35. The van der Waals surface area contributed by atoms with E-state index in [1.54, 1.807) is 0 Å². The van der Waals surface area contributed by atoms with Crippen LogP contribution >= 0.6 is 8.17 Å². The van der Waals surface area contributed by atoms with Crippen molar-refractivity contribution in [1.82, 2.24) is 9.55 Å². The van der Waals surface area contributed by atoms with Crippen molar-refractivity contribution < 1.29 is 41.9 Å². The molecule has 0 saturated carbocycles. The van der Waals surface area contributed by atoms with Crippen molar-refractivity contribution in [3.8, 4) is 0 Å². The third-order valence-electron chi connectivity index (χ3n) is 4.42. The zero-order valence-electron chi connectivity index (χ0n) is 14.7. The van der Waals surface area contributed by atoms with Crippen LogP contribution in [0.5, 0.6) is 0 Å². The quantitative estimate of drug-likeness (QED) is 0.540. The van der Waals surface area contributed by atoms with Gasteiger partial charge in [-0.25, -0.2) is 0 Å². The molecule has 1 aromatic rings. The van der Waals surface area contributed by atoms with Crippen LogP contribution in [0.1, 0.15) is 19.6 Å². The van der Waals surface area contributed by atoms with Crippen molar-refractivity contribution in [3.63, 3.8) is 0 Å². The molecule has 158 valence electrons. The van der Waals surface area contributed by atoms with Gasteiger partial charge in [-0.2, -0.15) is 0 Å². The molecular formula is C14H20F2N3O8P. The van der Waals surface area contributed by atoms with Gasteiger partial charge in [-0.05, 0) is 0 Å². The third-order valence-corrected chi connectivity index (χ3v) is 6.07. The Morgan fingerprint density at radius 1 is 1.61 bits per heavy atom. The molecule has 0 unspecified atom stereocenters. The van der Waals surface area contributed by atoms with E-state index in [1.807, 2.05) is 0 Å². The molecule has 14 heteroatoms. The molecule has 4 atom stereocenters. The topological polar surface area (TPSA) is 155 Å². The maximum absolute atomic E-state index is 14.9. The number of nitrogen functional groups attached to an aromatic ring is 1. The minimum absolute atomic E-state index is 0.0213. The van der Waals surface area contributed by atoms with Crippen molar-refractivity contribution in [3.05, 3.63) is 22.7 Å². The van der Waals surface area contributed by atoms with Gasteiger partial charge in [0.25, 0.3) is 0 Å². The fourth-order valence-electron chi connectivity index (χ4n) is 2.80. The summed E-state index contributed by atoms with van der Waals surface area (Å²) in [4.78, 5) is 36.3. The first-order valence-electron chi connectivity index (χ1n) is 8.32. The Morgan fingerprint density at radius 3 is 2.96 bits per heavy atom. The Kier molecular flexibility index (Phi) is 5.67. The molecule has 0 radical (unpaired) electrons. The molecule has 2 aliphatic heterocycles. The molecular weight excluding hydrogens is 407 g/mol. The third kappa shape index (κ3) is 4.00. The molecule has 3 heterocycles. The van der Waals surface area contributed by atoms with Gasteiger partial charge in [0.2, 0.25) is 0 Å². The number of nitrogens with zero attached hydrogens (tertiary/aromatic N) is 2. The van der Waals surface area contributed by atoms with Crippen molar-refractivity contribution in [2.24, 2.45) is 5.92 Å². The summed E-state index contributed by atoms with van der Waals surface area (Å²) in [6.45, 7) is 0.716. The van der Waals surface area contributed by atoms with E-state index in [4.69, 9.17) is 29.1 Å². The number of hydrogen-bond donors (Lipinski definition) is 3. The number of anilines is 1. The first-order valence-corrected chi connectivity index (χ1v) is 9.99. The van der Waals surface area contributed by atoms with Gasteiger partial charge in [-0.15, -0.1) is 0 Å². The molecule has 28 heavy (non-hydrogen) atoms. The van der Waals surface area contributed by atoms with Crippen LogP contribution in [0, 0.1) is 5.92 Å². The standard InChI is InChI=1S/C14H20F2N3O8P/c1-7(11(20)21)3-5-24-28(23)25-6-8-10(27-28)14(15,16)12(26-8)19-4-2-9(17)18-13(19)22/h2,4,7-8,10,12,23,28H,3,5-6H2,1H3,(H,20,21)(H2,17,18,22)/t7-,8-,10-,12-/m1/s1. The average Bonchev–Trinajstić information content (AvgIpc) is 2.85. The molecule has 0 aromatic carbocycles. The van der Waals surface area contributed by atoms with Crippen LogP contribution in [-0.2, 0) is 23.1 Å². The van der Waals surface area contributed by atoms with Gasteiger partial charge in [0.15, 0.2) is 0 Å². The minimum atomic E-state index is -4.44. The summed E-state index contributed by atoms with van der Waals surface area (Å²) in [6, 6.07) is 1.16. The van der Waals surface area contributed by atoms with E-state index in [0.717, 1.165) is 12.3 Å². The second-order valence-electron chi connectivity index (χ2n) is 6.49. The molecule has 2 saturated heterocycles. The normalized spacial score (nSPS) is 30.4. The van der Waals surface area contributed by atoms with Crippen LogP contribution in [0.2, 0.25) is 0 Å². The number of rotatable bonds is 6. The van der Waals surface area contributed by atoms with Gasteiger partial charge in [-0.1, -0.05) is 0 Å². The number of halogens is 2. The summed E-state index contributed by atoms with van der Waals surface area (Å²) in [5.74, 6) is -5.68. The van der Waals surface area contributed by atoms with E-state index >= 15 is 0 Å². The Balaban J connectivity index is 1.72. The van der Waals surface area contributed by atoms with E-state index < -0.39 is 56.7 Å². The fraction of sp³-hybridized carbons (Fsp3) is 0.643. The van der Waals surface area contributed by atoms with E-state index in [-0.39, 0.29) is 18.8 Å². The zero-order valence-corrected chi connectivity index (χ0v) is 15.7. The molecule has 0 spiro atoms. The number of aromatic nitrogens is 2. The number of fused-ring (bicyclic) bond motifs is 1. The van der Waals surface area contributed by atoms with Crippen LogP contribution in [0.4, 0.5) is 14.6 Å². The second kappa shape index (κ2) is 7.58. The number of carboxylic acid groups (broad SMARTS) is 1. The van der Waals surface area contributed by atoms with Gasteiger partial charge in [0, 0.05) is 0 Å². The Labute approximate surface area is 157 Å². The van der Waals surface area contributed by atoms with Crippen molar-refractivity contribution in [2.75, 3.05) is 18.9 Å². The summed E-state index contributed by atoms with van der Waals surface area (Å²) in [6.07, 6.45) is -4.18. The molecule has 0 aliphatic carbocycles. The summed E-state index contributed by atoms with van der Waals surface area (Å²) >= 11 is 0. The fourth-order valence-corrected chi connectivity index (χ4v) is 4.40. The molecule has 1 aromatic heterocycles. The summed E-state index contributed by atoms with van der Waals surface area (Å²) in [7, 11) is -4.44. The summed E-state index contributed by atoms with van der Waals surface area (Å²) in [5, 5.41) is 8.83. The van der Waals surface area contributed by atoms with E-state index in [2.05, 4.69) is 4.98 Å². The molecule has 0 amide bonds. The van der Waals surface area contributed by atoms with Gasteiger partial charge < -0.3 is 0 Å². The number of alkyl halides is 2. The monoisotopic (exact) mass is 427 g/mol. The SMILES string of the molecule is C[C@H](CCO[PH]1(O)OC[C@H]2O[C@@H](n3ccc(N)nc3=O)C(F)(F)[C@@H]2O1)C(=O)O. The van der Waals surface area contributed by atoms with Crippen molar-refractivity contribution >= 4 is 20.0 Å². The number of ether oxygens (including phenoxy) is 1. The summed E-state index contributed by atoms with van der Waals surface area (Å²) < 4.78 is 50.7. The molecule has 11 nitrogen and oxygen atoms in total. The number of hydrogen-bond acceptors (Lipinski definition) is 9. The summed E-state index contributed by atoms with van der Waals surface area (Å²) in [5.41, 5.74) is 4.32. The van der Waals surface area contributed by atoms with E-state index in [0.29, 0.717) is 4.57 Å². The number of carboxylic acids is 1. The first-order chi connectivity index (χ1) is 13.0. The Hall–Kier alpha value is -1.76. The van der Waals surface area contributed by atoms with Crippen molar-refractivity contribution in [2.45, 2.75) is 37.7 Å². The molecule has 2 fully saturated rings. The van der Waals surface area contributed by atoms with Crippen LogP contribution in [0.15, 0.2) is 17.1 Å². The van der Waals surface area contributed by atoms with Crippen LogP contribution in [0.25, 0.3) is 0 Å². The van der Waals surface area contributed by atoms with Crippen LogP contribution < -0.4 is 11.4 Å². The molecule has 3 rings (SSSR count).